The number of hydrogen-bond donors (Lipinski definition) is 2. The second-order valence-corrected chi connectivity index (χ2v) is 7.15. The molecule has 3 rings (SSSR count). The van der Waals surface area contributed by atoms with E-state index < -0.39 is 10.0 Å². The van der Waals surface area contributed by atoms with Crippen molar-refractivity contribution in [1.82, 2.24) is 29.7 Å². The molecule has 10 heteroatoms. The lowest BCUT2D eigenvalue weighted by atomic mass is 10.4. The van der Waals surface area contributed by atoms with Gasteiger partial charge in [-0.25, -0.2) is 18.1 Å². The van der Waals surface area contributed by atoms with Gasteiger partial charge >= 0.3 is 0 Å². The van der Waals surface area contributed by atoms with Crippen LogP contribution in [-0.2, 0) is 23.1 Å². The number of aryl methyl sites for hydroxylation is 1. The van der Waals surface area contributed by atoms with Gasteiger partial charge in [-0.1, -0.05) is 6.07 Å². The van der Waals surface area contributed by atoms with Crippen LogP contribution < -0.4 is 4.72 Å². The van der Waals surface area contributed by atoms with Gasteiger partial charge in [-0.3, -0.25) is 9.78 Å². The summed E-state index contributed by atoms with van der Waals surface area (Å²) in [7, 11) is -3.61. The minimum absolute atomic E-state index is 0.0397. The van der Waals surface area contributed by atoms with Crippen molar-refractivity contribution in [3.63, 3.8) is 0 Å². The molecule has 0 aliphatic rings. The largest absolute Gasteiger partial charge is 0.272 e. The van der Waals surface area contributed by atoms with Gasteiger partial charge in [-0.2, -0.15) is 10.2 Å². The molecule has 2 N–H and O–H groups in total. The Bertz CT molecular complexity index is 850. The van der Waals surface area contributed by atoms with E-state index in [4.69, 9.17) is 0 Å². The number of nitrogens with one attached hydrogen (secondary N) is 2. The van der Waals surface area contributed by atoms with Gasteiger partial charge in [-0.05, 0) is 18.4 Å². The average molecular weight is 338 g/mol. The molecule has 0 saturated carbocycles. The Labute approximate surface area is 131 Å². The standard InChI is InChI=1S/C12H14N6O2S2/c1-2-18-8-9(6-13-18)22(19,20)14-7-11-15-12(17-16-11)10-4-3-5-21-10/h3-6,8,14H,2,7H2,1H3,(H,15,16,17). The van der Waals surface area contributed by atoms with Crippen LogP contribution in [0, 0.1) is 0 Å². The van der Waals surface area contributed by atoms with Gasteiger partial charge in [0.1, 0.15) is 10.7 Å². The second-order valence-electron chi connectivity index (χ2n) is 4.44. The quantitative estimate of drug-likeness (QED) is 0.703. The molecule has 0 saturated heterocycles. The number of hydrogen-bond acceptors (Lipinski definition) is 6. The fourth-order valence-corrected chi connectivity index (χ4v) is 3.39. The normalized spacial score (nSPS) is 11.9. The van der Waals surface area contributed by atoms with Crippen LogP contribution in [0.1, 0.15) is 12.7 Å². The van der Waals surface area contributed by atoms with Gasteiger partial charge in [0.2, 0.25) is 10.0 Å². The molecule has 0 atom stereocenters. The Morgan fingerprint density at radius 3 is 3.00 bits per heavy atom. The van der Waals surface area contributed by atoms with E-state index >= 15 is 0 Å². The first-order chi connectivity index (χ1) is 10.6. The Hall–Kier alpha value is -2.04. The number of nitrogens with zero attached hydrogens (tertiary/aromatic N) is 4. The molecule has 0 aliphatic carbocycles. The van der Waals surface area contributed by atoms with Crippen molar-refractivity contribution >= 4 is 21.4 Å². The van der Waals surface area contributed by atoms with Crippen molar-refractivity contribution in [3.8, 4) is 10.7 Å². The van der Waals surface area contributed by atoms with Gasteiger partial charge in [-0.15, -0.1) is 11.3 Å². The molecule has 0 aromatic carbocycles. The fraction of sp³-hybridized carbons (Fsp3) is 0.250. The van der Waals surface area contributed by atoms with Gasteiger partial charge in [0.05, 0.1) is 17.6 Å². The lowest BCUT2D eigenvalue weighted by molar-refractivity contribution is 0.579. The number of aromatic nitrogens is 5. The highest BCUT2D eigenvalue weighted by molar-refractivity contribution is 7.89. The summed E-state index contributed by atoms with van der Waals surface area (Å²) in [6.07, 6.45) is 2.81. The Kier molecular flexibility index (Phi) is 4.05. The molecule has 3 aromatic heterocycles. The van der Waals surface area contributed by atoms with Crippen LogP contribution in [0.2, 0.25) is 0 Å². The van der Waals surface area contributed by atoms with E-state index in [1.807, 2.05) is 24.4 Å². The predicted molar refractivity (Wildman–Crippen MR) is 81.6 cm³/mol. The molecule has 0 fully saturated rings. The third kappa shape index (κ3) is 3.08. The maximum atomic E-state index is 12.1. The molecule has 116 valence electrons. The SMILES string of the molecule is CCn1cc(S(=O)(=O)NCc2nc(-c3cccs3)n[nH]2)cn1. The molecule has 0 amide bonds. The maximum Gasteiger partial charge on any atom is 0.244 e. The summed E-state index contributed by atoms with van der Waals surface area (Å²) in [6.45, 7) is 2.54. The molecular weight excluding hydrogens is 324 g/mol. The van der Waals surface area contributed by atoms with Crippen LogP contribution in [0.4, 0.5) is 0 Å². The van der Waals surface area contributed by atoms with Crippen molar-refractivity contribution < 1.29 is 8.42 Å². The summed E-state index contributed by atoms with van der Waals surface area (Å²) < 4.78 is 28.3. The smallest absolute Gasteiger partial charge is 0.244 e. The molecule has 0 spiro atoms. The maximum absolute atomic E-state index is 12.1. The number of rotatable bonds is 6. The highest BCUT2D eigenvalue weighted by Crippen LogP contribution is 2.20. The van der Waals surface area contributed by atoms with E-state index in [-0.39, 0.29) is 11.4 Å². The molecule has 3 heterocycles. The number of aromatic amines is 1. The molecular formula is C12H14N6O2S2. The number of H-pyrrole nitrogens is 1. The van der Waals surface area contributed by atoms with E-state index in [9.17, 15) is 8.42 Å². The average Bonchev–Trinajstić information content (AvgIpc) is 3.24. The molecule has 22 heavy (non-hydrogen) atoms. The van der Waals surface area contributed by atoms with E-state index in [1.54, 1.807) is 4.68 Å². The van der Waals surface area contributed by atoms with Crippen molar-refractivity contribution in [2.75, 3.05) is 0 Å². The van der Waals surface area contributed by atoms with E-state index in [2.05, 4.69) is 25.0 Å². The molecule has 0 bridgehead atoms. The molecule has 0 unspecified atom stereocenters. The molecule has 0 aliphatic heterocycles. The monoisotopic (exact) mass is 338 g/mol. The van der Waals surface area contributed by atoms with E-state index in [0.717, 1.165) is 4.88 Å². The van der Waals surface area contributed by atoms with Crippen LogP contribution in [0.25, 0.3) is 10.7 Å². The van der Waals surface area contributed by atoms with Gasteiger partial charge in [0, 0.05) is 12.7 Å². The topological polar surface area (TPSA) is 106 Å². The van der Waals surface area contributed by atoms with Crippen LogP contribution in [0.5, 0.6) is 0 Å². The van der Waals surface area contributed by atoms with Crippen molar-refractivity contribution in [2.24, 2.45) is 0 Å². The lowest BCUT2D eigenvalue weighted by Crippen LogP contribution is -2.23. The van der Waals surface area contributed by atoms with Gasteiger partial charge < -0.3 is 0 Å². The predicted octanol–water partition coefficient (Wildman–Crippen LogP) is 1.23. The van der Waals surface area contributed by atoms with Crippen LogP contribution in [-0.4, -0.2) is 33.4 Å². The van der Waals surface area contributed by atoms with E-state index in [1.165, 1.54) is 23.7 Å². The van der Waals surface area contributed by atoms with Crippen LogP contribution >= 0.6 is 11.3 Å². The lowest BCUT2D eigenvalue weighted by Gasteiger charge is -2.01. The first-order valence-corrected chi connectivity index (χ1v) is 8.92. The molecule has 8 nitrogen and oxygen atoms in total. The number of sulfonamides is 1. The Morgan fingerprint density at radius 2 is 2.32 bits per heavy atom. The number of thiophene rings is 1. The van der Waals surface area contributed by atoms with Crippen molar-refractivity contribution in [3.05, 3.63) is 35.7 Å². The third-order valence-electron chi connectivity index (χ3n) is 2.95. The summed E-state index contributed by atoms with van der Waals surface area (Å²) in [5.74, 6) is 1.01. The molecule has 0 radical (unpaired) electrons. The summed E-state index contributed by atoms with van der Waals surface area (Å²) in [6, 6.07) is 3.81. The fourth-order valence-electron chi connectivity index (χ4n) is 1.79. The summed E-state index contributed by atoms with van der Waals surface area (Å²) in [5, 5.41) is 12.7. The van der Waals surface area contributed by atoms with Crippen LogP contribution in [0.15, 0.2) is 34.8 Å². The summed E-state index contributed by atoms with van der Waals surface area (Å²) in [5.41, 5.74) is 0. The molecule has 3 aromatic rings. The van der Waals surface area contributed by atoms with Gasteiger partial charge in [0.15, 0.2) is 5.82 Å². The first kappa shape index (κ1) is 14.9. The zero-order valence-electron chi connectivity index (χ0n) is 11.7. The minimum atomic E-state index is -3.61. The highest BCUT2D eigenvalue weighted by Gasteiger charge is 2.17. The third-order valence-corrected chi connectivity index (χ3v) is 5.17. The minimum Gasteiger partial charge on any atom is -0.272 e. The van der Waals surface area contributed by atoms with Crippen molar-refractivity contribution in [1.29, 1.82) is 0 Å². The summed E-state index contributed by atoms with van der Waals surface area (Å²) >= 11 is 1.52. The Morgan fingerprint density at radius 1 is 1.45 bits per heavy atom. The van der Waals surface area contributed by atoms with Crippen LogP contribution in [0.3, 0.4) is 0 Å². The second kappa shape index (κ2) is 5.99. The first-order valence-electron chi connectivity index (χ1n) is 6.56. The van der Waals surface area contributed by atoms with Gasteiger partial charge in [0.25, 0.3) is 0 Å². The highest BCUT2D eigenvalue weighted by atomic mass is 32.2. The van der Waals surface area contributed by atoms with E-state index in [0.29, 0.717) is 18.2 Å². The zero-order valence-corrected chi connectivity index (χ0v) is 13.4. The zero-order chi connectivity index (χ0) is 15.6. The Balaban J connectivity index is 1.69. The van der Waals surface area contributed by atoms with Crippen molar-refractivity contribution in [2.45, 2.75) is 24.9 Å². The summed E-state index contributed by atoms with van der Waals surface area (Å²) in [4.78, 5) is 5.32.